The summed E-state index contributed by atoms with van der Waals surface area (Å²) < 4.78 is 27.0. The maximum atomic E-state index is 12.4. The molecule has 0 aliphatic carbocycles. The van der Waals surface area contributed by atoms with Gasteiger partial charge in [0.15, 0.2) is 0 Å². The van der Waals surface area contributed by atoms with Gasteiger partial charge in [-0.3, -0.25) is 4.79 Å². The number of amides is 1. The summed E-state index contributed by atoms with van der Waals surface area (Å²) >= 11 is 0. The van der Waals surface area contributed by atoms with E-state index < -0.39 is 17.6 Å². The van der Waals surface area contributed by atoms with Crippen LogP contribution in [-0.2, 0) is 34.9 Å². The topological polar surface area (TPSA) is 150 Å². The normalized spacial score (nSPS) is 12.6. The van der Waals surface area contributed by atoms with E-state index in [2.05, 4.69) is 46.6 Å². The monoisotopic (exact) mass is 597 g/mol. The van der Waals surface area contributed by atoms with Crippen LogP contribution in [0.2, 0.25) is 31.2 Å². The Kier molecular flexibility index (Phi) is 23.6. The second-order valence-corrected chi connectivity index (χ2v) is 16.2. The van der Waals surface area contributed by atoms with Crippen LogP contribution in [0.5, 0.6) is 0 Å². The Bertz CT molecular complexity index is 819. The summed E-state index contributed by atoms with van der Waals surface area (Å²) in [6, 6.07) is 12.7. The summed E-state index contributed by atoms with van der Waals surface area (Å²) in [5.74, 6) is 0.0214. The second-order valence-electron chi connectivity index (χ2n) is 9.80. The molecule has 11 nitrogen and oxygen atoms in total. The number of carbonyl (C=O) groups excluding carboxylic acids is 1. The Hall–Kier alpha value is -1.81. The number of ether oxygens (including phenoxy) is 5. The molecule has 0 aliphatic heterocycles. The van der Waals surface area contributed by atoms with E-state index in [1.165, 1.54) is 29.7 Å². The van der Waals surface area contributed by atoms with Crippen molar-refractivity contribution >= 4 is 28.7 Å². The van der Waals surface area contributed by atoms with E-state index in [4.69, 9.17) is 34.9 Å². The zero-order chi connectivity index (χ0) is 29.1. The molecule has 0 saturated carbocycles. The minimum absolute atomic E-state index is 0.0214. The largest absolute Gasteiger partial charge is 0.379 e. The highest BCUT2D eigenvalue weighted by molar-refractivity contribution is 6.73. The number of nitrogens with one attached hydrogen (secondary N) is 1. The number of rotatable bonds is 27. The quantitative estimate of drug-likeness (QED) is 0.0518. The predicted molar refractivity (Wildman–Crippen MR) is 165 cm³/mol. The lowest BCUT2D eigenvalue weighted by Crippen LogP contribution is -2.30. The van der Waals surface area contributed by atoms with Gasteiger partial charge >= 0.3 is 0 Å². The average Bonchev–Trinajstić information content (AvgIpc) is 2.96. The molecular weight excluding hydrogens is 546 g/mol. The molecule has 0 fully saturated rings. The molecule has 0 aromatic heterocycles. The van der Waals surface area contributed by atoms with Crippen LogP contribution in [0.15, 0.2) is 29.4 Å². The Morgan fingerprint density at radius 1 is 0.900 bits per heavy atom. The van der Waals surface area contributed by atoms with E-state index in [9.17, 15) is 4.79 Å². The highest BCUT2D eigenvalue weighted by Gasteiger charge is 2.12. The van der Waals surface area contributed by atoms with Crippen molar-refractivity contribution in [3.63, 3.8) is 0 Å². The number of hydrogen-bond donors (Lipinski definition) is 2. The van der Waals surface area contributed by atoms with Crippen molar-refractivity contribution in [3.8, 4) is 0 Å². The molecule has 0 saturated heterocycles. The van der Waals surface area contributed by atoms with Crippen molar-refractivity contribution in [1.29, 1.82) is 0 Å². The van der Waals surface area contributed by atoms with Gasteiger partial charge in [0.1, 0.15) is 0 Å². The van der Waals surface area contributed by atoms with Gasteiger partial charge in [-0.15, -0.1) is 0 Å². The molecule has 3 N–H and O–H groups in total. The molecule has 0 aliphatic rings. The molecular formula is C27H51N5O6Si2. The van der Waals surface area contributed by atoms with E-state index >= 15 is 0 Å². The van der Waals surface area contributed by atoms with E-state index in [0.717, 1.165) is 12.1 Å². The average molecular weight is 598 g/mol. The summed E-state index contributed by atoms with van der Waals surface area (Å²) in [6.07, 6.45) is 1.57. The van der Waals surface area contributed by atoms with Crippen molar-refractivity contribution in [2.45, 2.75) is 44.1 Å². The molecule has 1 aromatic rings. The molecule has 0 radical (unpaired) electrons. The van der Waals surface area contributed by atoms with Gasteiger partial charge < -0.3 is 34.7 Å². The lowest BCUT2D eigenvalue weighted by molar-refractivity contribution is -0.120. The van der Waals surface area contributed by atoms with E-state index in [1.54, 1.807) is 0 Å². The van der Waals surface area contributed by atoms with E-state index in [-0.39, 0.29) is 5.91 Å². The highest BCUT2D eigenvalue weighted by Crippen LogP contribution is 2.10. The lowest BCUT2D eigenvalue weighted by atomic mass is 10.1. The predicted octanol–water partition coefficient (Wildman–Crippen LogP) is 2.01. The minimum atomic E-state index is -0.972. The van der Waals surface area contributed by atoms with Gasteiger partial charge in [0.25, 0.3) is 0 Å². The molecule has 1 aromatic carbocycles. The minimum Gasteiger partial charge on any atom is -0.379 e. The molecule has 40 heavy (non-hydrogen) atoms. The van der Waals surface area contributed by atoms with Crippen LogP contribution < -0.4 is 16.2 Å². The summed E-state index contributed by atoms with van der Waals surface area (Å²) in [5, 5.41) is 7.77. The fourth-order valence-corrected chi connectivity index (χ4v) is 10.7. The van der Waals surface area contributed by atoms with Gasteiger partial charge in [-0.1, -0.05) is 65.8 Å². The third kappa shape index (κ3) is 21.0. The standard InChI is InChI=1S/C27H51N5O6Si2/c1-39(20-4-7-28)21-22-40(2)26-6-3-5-25(23-26)24-27(33)30-8-10-34-12-14-36-16-18-38-19-17-37-15-13-35-11-9-31-32-29/h3,5-6,23,39-40H,4,7-22,24,28H2,1-2H3,(H,30,33). The Morgan fingerprint density at radius 3 is 2.10 bits per heavy atom. The Morgan fingerprint density at radius 2 is 1.50 bits per heavy atom. The van der Waals surface area contributed by atoms with Gasteiger partial charge in [-0.25, -0.2) is 0 Å². The smallest absolute Gasteiger partial charge is 0.224 e. The molecule has 228 valence electrons. The summed E-state index contributed by atoms with van der Waals surface area (Å²) in [5.41, 5.74) is 14.9. The fourth-order valence-electron chi connectivity index (χ4n) is 3.96. The van der Waals surface area contributed by atoms with Crippen molar-refractivity contribution < 1.29 is 28.5 Å². The summed E-state index contributed by atoms with van der Waals surface area (Å²) in [4.78, 5) is 15.0. The van der Waals surface area contributed by atoms with Crippen LogP contribution in [0.4, 0.5) is 0 Å². The van der Waals surface area contributed by atoms with Gasteiger partial charge in [0.05, 0.1) is 81.3 Å². The maximum absolute atomic E-state index is 12.4. The molecule has 2 unspecified atom stereocenters. The molecule has 0 spiro atoms. The highest BCUT2D eigenvalue weighted by atomic mass is 28.3. The fraction of sp³-hybridized carbons (Fsp3) is 0.741. The first-order valence-corrected chi connectivity index (χ1v) is 19.9. The van der Waals surface area contributed by atoms with Gasteiger partial charge in [-0.05, 0) is 24.1 Å². The molecule has 0 bridgehead atoms. The van der Waals surface area contributed by atoms with Crippen LogP contribution in [-0.4, -0.2) is 109 Å². The number of nitrogens with two attached hydrogens (primary N) is 1. The van der Waals surface area contributed by atoms with Crippen molar-refractivity contribution in [1.82, 2.24) is 5.32 Å². The number of hydrogen-bond acceptors (Lipinski definition) is 8. The first-order chi connectivity index (χ1) is 19.6. The Labute approximate surface area is 243 Å². The first kappa shape index (κ1) is 36.2. The molecule has 13 heteroatoms. The summed E-state index contributed by atoms with van der Waals surface area (Å²) in [7, 11) is -1.60. The van der Waals surface area contributed by atoms with Gasteiger partial charge in [0.2, 0.25) is 5.91 Å². The molecule has 1 rings (SSSR count). The third-order valence-electron chi connectivity index (χ3n) is 6.33. The van der Waals surface area contributed by atoms with Crippen molar-refractivity contribution in [2.24, 2.45) is 10.8 Å². The second kappa shape index (κ2) is 26.1. The number of azide groups is 1. The lowest BCUT2D eigenvalue weighted by Gasteiger charge is -2.15. The summed E-state index contributed by atoms with van der Waals surface area (Å²) in [6.45, 7) is 11.2. The molecule has 2 atom stereocenters. The van der Waals surface area contributed by atoms with Crippen LogP contribution in [0, 0.1) is 0 Å². The van der Waals surface area contributed by atoms with Gasteiger partial charge in [0, 0.05) is 26.8 Å². The number of nitrogens with zero attached hydrogens (tertiary/aromatic N) is 3. The van der Waals surface area contributed by atoms with Crippen LogP contribution in [0.3, 0.4) is 0 Å². The van der Waals surface area contributed by atoms with E-state index in [1.807, 2.05) is 6.07 Å². The van der Waals surface area contributed by atoms with Gasteiger partial charge in [-0.2, -0.15) is 0 Å². The van der Waals surface area contributed by atoms with Crippen molar-refractivity contribution in [2.75, 3.05) is 85.7 Å². The van der Waals surface area contributed by atoms with Crippen LogP contribution in [0.1, 0.15) is 12.0 Å². The SMILES string of the molecule is C[SiH](CCCN)CC[SiH](C)c1cccc(CC(=O)NCCOCCOCCOCCOCCOCCN=[N+]=[N-])c1. The zero-order valence-corrected chi connectivity index (χ0v) is 26.9. The molecule has 0 heterocycles. The first-order valence-electron chi connectivity index (χ1n) is 14.5. The zero-order valence-electron chi connectivity index (χ0n) is 24.6. The van der Waals surface area contributed by atoms with Crippen LogP contribution in [0.25, 0.3) is 10.4 Å². The van der Waals surface area contributed by atoms with E-state index in [0.29, 0.717) is 85.6 Å². The van der Waals surface area contributed by atoms with Crippen LogP contribution >= 0.6 is 0 Å². The molecule has 1 amide bonds. The number of carbonyl (C=O) groups is 1. The van der Waals surface area contributed by atoms with Crippen molar-refractivity contribution in [3.05, 3.63) is 40.3 Å². The number of benzene rings is 1. The Balaban J connectivity index is 1.97. The maximum Gasteiger partial charge on any atom is 0.224 e. The third-order valence-corrected chi connectivity index (χ3v) is 12.4.